The summed E-state index contributed by atoms with van der Waals surface area (Å²) in [5.74, 6) is -0.670. The van der Waals surface area contributed by atoms with Crippen molar-refractivity contribution in [3.05, 3.63) is 81.4 Å². The summed E-state index contributed by atoms with van der Waals surface area (Å²) in [6, 6.07) is 7.50. The van der Waals surface area contributed by atoms with Gasteiger partial charge in [0, 0.05) is 30.6 Å². The normalized spacial score (nSPS) is 20.6. The Balaban J connectivity index is 1.78. The molecule has 9 nitrogen and oxygen atoms in total. The first-order valence-electron chi connectivity index (χ1n) is 13.8. The van der Waals surface area contributed by atoms with Gasteiger partial charge < -0.3 is 35.0 Å². The van der Waals surface area contributed by atoms with Gasteiger partial charge in [-0.3, -0.25) is 9.59 Å². The Labute approximate surface area is 255 Å². The van der Waals surface area contributed by atoms with Crippen LogP contribution in [0.3, 0.4) is 0 Å². The first-order chi connectivity index (χ1) is 20.2. The van der Waals surface area contributed by atoms with Crippen LogP contribution in [-0.2, 0) is 22.7 Å². The monoisotopic (exact) mass is 618 g/mol. The summed E-state index contributed by atoms with van der Waals surface area (Å²) in [5, 5.41) is 34.4. The van der Waals surface area contributed by atoms with Crippen molar-refractivity contribution in [2.45, 2.75) is 63.0 Å². The van der Waals surface area contributed by atoms with Gasteiger partial charge >= 0.3 is 0 Å². The molecule has 226 valence electrons. The number of hydrogen-bond acceptors (Lipinski definition) is 7. The first kappa shape index (κ1) is 31.8. The number of aliphatic hydroxyl groups is 3. The SMILES string of the molecule is C=CCCCCC(=O)N(Cc1ccc(Cl)c(Cl)c1)C1C=C(C(=O)NCCO)C2c3cc(CO)cc(OC)c3OC2C1O. The van der Waals surface area contributed by atoms with Crippen molar-refractivity contribution in [1.82, 2.24) is 10.2 Å². The van der Waals surface area contributed by atoms with Crippen LogP contribution < -0.4 is 14.8 Å². The van der Waals surface area contributed by atoms with Gasteiger partial charge in [-0.2, -0.15) is 0 Å². The molecule has 2 amide bonds. The number of nitrogens with zero attached hydrogens (tertiary/aromatic N) is 1. The molecule has 0 radical (unpaired) electrons. The fourth-order valence-electron chi connectivity index (χ4n) is 5.52. The molecule has 42 heavy (non-hydrogen) atoms. The van der Waals surface area contributed by atoms with E-state index < -0.39 is 30.1 Å². The fraction of sp³-hybridized carbons (Fsp3) is 0.419. The molecule has 1 aliphatic heterocycles. The van der Waals surface area contributed by atoms with Crippen LogP contribution >= 0.6 is 23.2 Å². The van der Waals surface area contributed by atoms with Crippen LogP contribution in [0.4, 0.5) is 0 Å². The lowest BCUT2D eigenvalue weighted by atomic mass is 9.77. The Kier molecular flexibility index (Phi) is 10.9. The third kappa shape index (κ3) is 6.76. The topological polar surface area (TPSA) is 129 Å². The molecule has 1 aliphatic carbocycles. The molecule has 0 spiro atoms. The third-order valence-corrected chi connectivity index (χ3v) is 8.30. The van der Waals surface area contributed by atoms with E-state index in [2.05, 4.69) is 11.9 Å². The second-order valence-corrected chi connectivity index (χ2v) is 11.1. The van der Waals surface area contributed by atoms with Gasteiger partial charge in [-0.15, -0.1) is 6.58 Å². The number of aliphatic hydroxyl groups excluding tert-OH is 3. The van der Waals surface area contributed by atoms with Crippen LogP contribution in [0.15, 0.2) is 54.6 Å². The Morgan fingerprint density at radius 3 is 2.60 bits per heavy atom. The largest absolute Gasteiger partial charge is 0.493 e. The van der Waals surface area contributed by atoms with Crippen LogP contribution in [0.1, 0.15) is 48.3 Å². The van der Waals surface area contributed by atoms with Gasteiger partial charge in [0.2, 0.25) is 11.8 Å². The number of carbonyl (C=O) groups is 2. The molecule has 0 bridgehead atoms. The standard InChI is InChI=1S/C31H36Cl2N2O7/c1-3-4-5-6-7-26(38)35(16-18-8-9-22(32)23(33)13-18)24-15-21(31(40)34-10-11-36)27-20-12-19(17-37)14-25(41-2)29(20)42-30(27)28(24)39/h3,8-9,12-15,24,27-28,30,36-37,39H,1,4-7,10-11,16-17H2,2H3,(H,34,40). The lowest BCUT2D eigenvalue weighted by Crippen LogP contribution is -2.55. The van der Waals surface area contributed by atoms with Crippen LogP contribution in [0.25, 0.3) is 0 Å². The smallest absolute Gasteiger partial charge is 0.247 e. The number of nitrogens with one attached hydrogen (secondary N) is 1. The van der Waals surface area contributed by atoms with Gasteiger partial charge in [0.25, 0.3) is 0 Å². The molecule has 2 aromatic carbocycles. The van der Waals surface area contributed by atoms with Gasteiger partial charge in [0.1, 0.15) is 12.2 Å². The summed E-state index contributed by atoms with van der Waals surface area (Å²) in [4.78, 5) is 28.8. The molecule has 0 aromatic heterocycles. The number of allylic oxidation sites excluding steroid dienone is 1. The minimum atomic E-state index is -1.22. The van der Waals surface area contributed by atoms with Crippen LogP contribution in [0, 0.1) is 0 Å². The number of carbonyl (C=O) groups excluding carboxylic acids is 2. The predicted octanol–water partition coefficient (Wildman–Crippen LogP) is 3.89. The van der Waals surface area contributed by atoms with Crippen molar-refractivity contribution in [2.75, 3.05) is 20.3 Å². The zero-order chi connectivity index (χ0) is 30.4. The molecule has 11 heteroatoms. The van der Waals surface area contributed by atoms with E-state index in [-0.39, 0.29) is 44.2 Å². The van der Waals surface area contributed by atoms with Crippen molar-refractivity contribution >= 4 is 35.0 Å². The molecule has 4 N–H and O–H groups in total. The number of methoxy groups -OCH3 is 1. The summed E-state index contributed by atoms with van der Waals surface area (Å²) in [6.45, 7) is 3.33. The summed E-state index contributed by atoms with van der Waals surface area (Å²) in [5.41, 5.74) is 2.11. The van der Waals surface area contributed by atoms with Crippen LogP contribution in [0.2, 0.25) is 10.0 Å². The molecule has 0 saturated heterocycles. The van der Waals surface area contributed by atoms with Crippen molar-refractivity contribution in [1.29, 1.82) is 0 Å². The zero-order valence-corrected chi connectivity index (χ0v) is 24.9. The van der Waals surface area contributed by atoms with Crippen LogP contribution in [0.5, 0.6) is 11.5 Å². The van der Waals surface area contributed by atoms with E-state index in [4.69, 9.17) is 32.7 Å². The highest BCUT2D eigenvalue weighted by molar-refractivity contribution is 6.42. The number of benzene rings is 2. The van der Waals surface area contributed by atoms with Gasteiger partial charge in [0.15, 0.2) is 11.5 Å². The van der Waals surface area contributed by atoms with Crippen molar-refractivity contribution in [2.24, 2.45) is 0 Å². The number of rotatable bonds is 13. The van der Waals surface area contributed by atoms with Crippen molar-refractivity contribution < 1.29 is 34.4 Å². The van der Waals surface area contributed by atoms with Crippen LogP contribution in [-0.4, -0.2) is 70.5 Å². The number of unbranched alkanes of at least 4 members (excludes halogenated alkanes) is 2. The van der Waals surface area contributed by atoms with E-state index in [1.54, 1.807) is 42.5 Å². The average Bonchev–Trinajstić information content (AvgIpc) is 3.38. The second-order valence-electron chi connectivity index (χ2n) is 10.3. The maximum Gasteiger partial charge on any atom is 0.247 e. The third-order valence-electron chi connectivity index (χ3n) is 7.56. The van der Waals surface area contributed by atoms with Crippen molar-refractivity contribution in [3.63, 3.8) is 0 Å². The first-order valence-corrected chi connectivity index (χ1v) is 14.6. The Morgan fingerprint density at radius 2 is 1.93 bits per heavy atom. The number of hydrogen-bond donors (Lipinski definition) is 4. The minimum absolute atomic E-state index is 0.0176. The molecule has 0 saturated carbocycles. The number of fused-ring (bicyclic) bond motifs is 3. The Bertz CT molecular complexity index is 1350. The Hall–Kier alpha value is -3.08. The number of ether oxygens (including phenoxy) is 2. The highest BCUT2D eigenvalue weighted by Gasteiger charge is 2.51. The molecule has 4 unspecified atom stereocenters. The van der Waals surface area contributed by atoms with Gasteiger partial charge in [-0.05, 0) is 60.7 Å². The average molecular weight is 620 g/mol. The minimum Gasteiger partial charge on any atom is -0.493 e. The highest BCUT2D eigenvalue weighted by Crippen LogP contribution is 2.51. The summed E-state index contributed by atoms with van der Waals surface area (Å²) >= 11 is 12.4. The fourth-order valence-corrected chi connectivity index (χ4v) is 5.84. The van der Waals surface area contributed by atoms with E-state index in [1.807, 2.05) is 0 Å². The lowest BCUT2D eigenvalue weighted by Gasteiger charge is -2.41. The van der Waals surface area contributed by atoms with E-state index in [0.29, 0.717) is 44.7 Å². The molecule has 2 aromatic rings. The van der Waals surface area contributed by atoms with Gasteiger partial charge in [-0.1, -0.05) is 35.3 Å². The molecule has 4 atom stereocenters. The molecule has 2 aliphatic rings. The molecule has 1 heterocycles. The van der Waals surface area contributed by atoms with E-state index in [9.17, 15) is 24.9 Å². The van der Waals surface area contributed by atoms with E-state index in [1.165, 1.54) is 12.0 Å². The maximum absolute atomic E-state index is 13.7. The van der Waals surface area contributed by atoms with Crippen molar-refractivity contribution in [3.8, 4) is 11.5 Å². The van der Waals surface area contributed by atoms with E-state index >= 15 is 0 Å². The summed E-state index contributed by atoms with van der Waals surface area (Å²) in [6.07, 6.45) is 3.65. The summed E-state index contributed by atoms with van der Waals surface area (Å²) in [7, 11) is 1.47. The number of halogens is 2. The second kappa shape index (κ2) is 14.4. The van der Waals surface area contributed by atoms with Gasteiger partial charge in [-0.25, -0.2) is 0 Å². The highest BCUT2D eigenvalue weighted by atomic mass is 35.5. The molecule has 4 rings (SSSR count). The molecular formula is C31H36Cl2N2O7. The number of amides is 2. The van der Waals surface area contributed by atoms with Gasteiger partial charge in [0.05, 0.1) is 42.3 Å². The Morgan fingerprint density at radius 1 is 1.14 bits per heavy atom. The molecule has 0 fully saturated rings. The van der Waals surface area contributed by atoms with E-state index in [0.717, 1.165) is 12.8 Å². The predicted molar refractivity (Wildman–Crippen MR) is 160 cm³/mol. The quantitative estimate of drug-likeness (QED) is 0.198. The summed E-state index contributed by atoms with van der Waals surface area (Å²) < 4.78 is 11.8. The molecular weight excluding hydrogens is 583 g/mol. The zero-order valence-electron chi connectivity index (χ0n) is 23.4. The maximum atomic E-state index is 13.7. The lowest BCUT2D eigenvalue weighted by molar-refractivity contribution is -0.138.